The number of hydrogen-bond acceptors (Lipinski definition) is 5. The second-order valence-corrected chi connectivity index (χ2v) is 8.48. The van der Waals surface area contributed by atoms with E-state index in [-0.39, 0.29) is 19.2 Å². The van der Waals surface area contributed by atoms with Gasteiger partial charge < -0.3 is 10.1 Å². The van der Waals surface area contributed by atoms with E-state index in [4.69, 9.17) is 4.74 Å². The summed E-state index contributed by atoms with van der Waals surface area (Å²) in [5, 5.41) is 12.8. The Labute approximate surface area is 186 Å². The minimum absolute atomic E-state index is 0.0930. The van der Waals surface area contributed by atoms with Crippen LogP contribution in [0.1, 0.15) is 41.1 Å². The first-order valence-corrected chi connectivity index (χ1v) is 10.8. The highest BCUT2D eigenvalue weighted by Crippen LogP contribution is 2.43. The summed E-state index contributed by atoms with van der Waals surface area (Å²) in [6.07, 6.45) is 7.59. The van der Waals surface area contributed by atoms with E-state index >= 15 is 0 Å². The number of carbonyl (C=O) groups is 1. The van der Waals surface area contributed by atoms with E-state index in [9.17, 15) is 4.79 Å². The Morgan fingerprint density at radius 2 is 2.06 bits per heavy atom. The van der Waals surface area contributed by atoms with Crippen molar-refractivity contribution in [1.82, 2.24) is 24.5 Å². The van der Waals surface area contributed by atoms with Gasteiger partial charge >= 0.3 is 0 Å². The van der Waals surface area contributed by atoms with E-state index in [0.717, 1.165) is 28.0 Å². The second kappa shape index (κ2) is 8.11. The summed E-state index contributed by atoms with van der Waals surface area (Å²) < 4.78 is 9.17. The smallest absolute Gasteiger partial charge is 0.246 e. The molecular weight excluding hydrogens is 404 g/mol. The van der Waals surface area contributed by atoms with Gasteiger partial charge in [0.05, 0.1) is 23.8 Å². The molecule has 0 spiro atoms. The molecule has 1 aliphatic carbocycles. The van der Waals surface area contributed by atoms with Gasteiger partial charge in [-0.3, -0.25) is 4.79 Å². The summed E-state index contributed by atoms with van der Waals surface area (Å²) in [5.74, 6) is 1.24. The van der Waals surface area contributed by atoms with Gasteiger partial charge in [-0.1, -0.05) is 17.7 Å². The number of carbonyl (C=O) groups excluding carboxylic acids is 1. The Balaban J connectivity index is 1.23. The minimum Gasteiger partial charge on any atom is -0.471 e. The first-order valence-electron chi connectivity index (χ1n) is 10.8. The first-order chi connectivity index (χ1) is 15.5. The van der Waals surface area contributed by atoms with Crippen LogP contribution in [0.2, 0.25) is 0 Å². The maximum Gasteiger partial charge on any atom is 0.246 e. The van der Waals surface area contributed by atoms with Crippen molar-refractivity contribution in [1.29, 1.82) is 0 Å². The van der Waals surface area contributed by atoms with Crippen LogP contribution in [-0.4, -0.2) is 30.5 Å². The molecule has 0 saturated heterocycles. The molecule has 1 fully saturated rings. The monoisotopic (exact) mass is 430 g/mol. The SMILES string of the molecule is Cc1ccc(OCn2cc(NC(=O)Cn3nc(C)c4c(C5CC5)ccnc43)cn2)c(C)c1. The molecule has 8 nitrogen and oxygen atoms in total. The molecule has 1 saturated carbocycles. The number of hydrogen-bond donors (Lipinski definition) is 1. The molecule has 0 unspecified atom stereocenters. The third-order valence-corrected chi connectivity index (χ3v) is 5.75. The molecule has 0 aliphatic heterocycles. The van der Waals surface area contributed by atoms with E-state index in [1.807, 2.05) is 32.2 Å². The van der Waals surface area contributed by atoms with E-state index in [2.05, 4.69) is 39.6 Å². The number of nitrogens with one attached hydrogen (secondary N) is 1. The Morgan fingerprint density at radius 3 is 2.84 bits per heavy atom. The summed E-state index contributed by atoms with van der Waals surface area (Å²) in [5.41, 5.74) is 5.85. The van der Waals surface area contributed by atoms with Crippen molar-refractivity contribution in [3.05, 3.63) is 65.2 Å². The summed E-state index contributed by atoms with van der Waals surface area (Å²) in [6.45, 7) is 6.39. The van der Waals surface area contributed by atoms with Crippen LogP contribution in [0.5, 0.6) is 5.75 Å². The number of aryl methyl sites for hydroxylation is 3. The zero-order valence-electron chi connectivity index (χ0n) is 18.5. The number of nitrogens with zero attached hydrogens (tertiary/aromatic N) is 5. The highest BCUT2D eigenvalue weighted by atomic mass is 16.5. The van der Waals surface area contributed by atoms with Gasteiger partial charge in [-0.25, -0.2) is 14.3 Å². The highest BCUT2D eigenvalue weighted by Gasteiger charge is 2.27. The summed E-state index contributed by atoms with van der Waals surface area (Å²) in [6, 6.07) is 8.12. The van der Waals surface area contributed by atoms with Gasteiger partial charge in [-0.2, -0.15) is 10.2 Å². The van der Waals surface area contributed by atoms with E-state index in [1.165, 1.54) is 24.0 Å². The largest absolute Gasteiger partial charge is 0.471 e. The summed E-state index contributed by atoms with van der Waals surface area (Å²) in [4.78, 5) is 17.2. The molecule has 1 aromatic carbocycles. The maximum atomic E-state index is 12.7. The molecule has 5 rings (SSSR count). The first kappa shape index (κ1) is 20.2. The normalized spacial score (nSPS) is 13.5. The van der Waals surface area contributed by atoms with Gasteiger partial charge in [0.25, 0.3) is 0 Å². The molecular formula is C24H26N6O2. The Hall–Kier alpha value is -3.68. The zero-order valence-corrected chi connectivity index (χ0v) is 18.5. The quantitative estimate of drug-likeness (QED) is 0.477. The van der Waals surface area contributed by atoms with Crippen LogP contribution in [0.3, 0.4) is 0 Å². The Kier molecular flexibility index (Phi) is 5.13. The number of pyridine rings is 1. The zero-order chi connectivity index (χ0) is 22.2. The number of aromatic nitrogens is 5. The van der Waals surface area contributed by atoms with Crippen molar-refractivity contribution in [3.8, 4) is 5.75 Å². The van der Waals surface area contributed by atoms with Crippen LogP contribution < -0.4 is 10.1 Å². The predicted octanol–water partition coefficient (Wildman–Crippen LogP) is 4.11. The van der Waals surface area contributed by atoms with E-state index in [0.29, 0.717) is 11.6 Å². The average Bonchev–Trinajstić information content (AvgIpc) is 3.44. The molecule has 32 heavy (non-hydrogen) atoms. The number of ether oxygens (including phenoxy) is 1. The number of anilines is 1. The van der Waals surface area contributed by atoms with E-state index in [1.54, 1.807) is 21.8 Å². The van der Waals surface area contributed by atoms with Crippen molar-refractivity contribution in [3.63, 3.8) is 0 Å². The topological polar surface area (TPSA) is 86.9 Å². The fourth-order valence-electron chi connectivity index (χ4n) is 4.09. The molecule has 1 amide bonds. The molecule has 0 bridgehead atoms. The van der Waals surface area contributed by atoms with Crippen LogP contribution in [0.15, 0.2) is 42.9 Å². The van der Waals surface area contributed by atoms with Gasteiger partial charge in [0.15, 0.2) is 12.4 Å². The molecule has 1 aliphatic rings. The summed E-state index contributed by atoms with van der Waals surface area (Å²) >= 11 is 0. The van der Waals surface area contributed by atoms with Crippen LogP contribution in [0.4, 0.5) is 5.69 Å². The lowest BCUT2D eigenvalue weighted by atomic mass is 10.1. The van der Waals surface area contributed by atoms with Gasteiger partial charge in [-0.15, -0.1) is 0 Å². The van der Waals surface area contributed by atoms with Crippen molar-refractivity contribution in [2.24, 2.45) is 0 Å². The molecule has 3 aromatic heterocycles. The number of benzene rings is 1. The van der Waals surface area contributed by atoms with Crippen LogP contribution in [0, 0.1) is 20.8 Å². The molecule has 4 aromatic rings. The van der Waals surface area contributed by atoms with Crippen molar-refractivity contribution < 1.29 is 9.53 Å². The molecule has 164 valence electrons. The third kappa shape index (κ3) is 4.08. The lowest BCUT2D eigenvalue weighted by Gasteiger charge is -2.09. The molecule has 0 radical (unpaired) electrons. The molecule has 0 atom stereocenters. The number of rotatable bonds is 7. The standard InChI is InChI=1S/C24H26N6O2/c1-15-4-7-21(16(2)10-15)32-14-29-12-19(11-26-29)27-22(31)13-30-24-23(17(3)28-30)20(8-9-25-24)18-5-6-18/h4,7-12,18H,5-6,13-14H2,1-3H3,(H,27,31). The van der Waals surface area contributed by atoms with Gasteiger partial charge in [0.1, 0.15) is 12.3 Å². The Bertz CT molecular complexity index is 1300. The number of fused-ring (bicyclic) bond motifs is 1. The second-order valence-electron chi connectivity index (χ2n) is 8.48. The number of amides is 1. The molecule has 3 heterocycles. The third-order valence-electron chi connectivity index (χ3n) is 5.75. The van der Waals surface area contributed by atoms with Crippen molar-refractivity contribution in [2.75, 3.05) is 5.32 Å². The molecule has 1 N–H and O–H groups in total. The average molecular weight is 431 g/mol. The molecule has 8 heteroatoms. The summed E-state index contributed by atoms with van der Waals surface area (Å²) in [7, 11) is 0. The lowest BCUT2D eigenvalue weighted by molar-refractivity contribution is -0.116. The fourth-order valence-corrected chi connectivity index (χ4v) is 4.09. The minimum atomic E-state index is -0.178. The van der Waals surface area contributed by atoms with E-state index < -0.39 is 0 Å². The highest BCUT2D eigenvalue weighted by molar-refractivity contribution is 5.91. The maximum absolute atomic E-state index is 12.7. The van der Waals surface area contributed by atoms with Gasteiger partial charge in [-0.05, 0) is 62.8 Å². The van der Waals surface area contributed by atoms with Crippen LogP contribution >= 0.6 is 0 Å². The van der Waals surface area contributed by atoms with Crippen molar-refractivity contribution in [2.45, 2.75) is 52.8 Å². The van der Waals surface area contributed by atoms with Gasteiger partial charge in [0.2, 0.25) is 5.91 Å². The van der Waals surface area contributed by atoms with Crippen LogP contribution in [0.25, 0.3) is 11.0 Å². The Morgan fingerprint density at radius 1 is 1.22 bits per heavy atom. The lowest BCUT2D eigenvalue weighted by Crippen LogP contribution is -2.19. The van der Waals surface area contributed by atoms with Gasteiger partial charge in [0, 0.05) is 11.6 Å². The van der Waals surface area contributed by atoms with Crippen LogP contribution in [-0.2, 0) is 18.1 Å². The fraction of sp³-hybridized carbons (Fsp3) is 0.333. The van der Waals surface area contributed by atoms with Crippen molar-refractivity contribution >= 4 is 22.6 Å². The predicted molar refractivity (Wildman–Crippen MR) is 122 cm³/mol.